The van der Waals surface area contributed by atoms with Crippen LogP contribution >= 0.6 is 35.0 Å². The molecule has 1 rings (SSSR count). The van der Waals surface area contributed by atoms with Gasteiger partial charge in [0.2, 0.25) is 0 Å². The Hall–Kier alpha value is -0.0900. The third-order valence-electron chi connectivity index (χ3n) is 1.87. The van der Waals surface area contributed by atoms with Crippen molar-refractivity contribution in [2.75, 3.05) is 24.0 Å². The van der Waals surface area contributed by atoms with Crippen molar-refractivity contribution in [3.63, 3.8) is 0 Å². The van der Waals surface area contributed by atoms with Crippen LogP contribution in [0.25, 0.3) is 0 Å². The molecule has 0 aliphatic rings. The summed E-state index contributed by atoms with van der Waals surface area (Å²) >= 11 is 13.0. The van der Waals surface area contributed by atoms with Gasteiger partial charge in [0.1, 0.15) is 0 Å². The van der Waals surface area contributed by atoms with E-state index in [1.165, 1.54) is 0 Å². The average Bonchev–Trinajstić information content (AvgIpc) is 2.26. The van der Waals surface area contributed by atoms with Gasteiger partial charge in [-0.1, -0.05) is 11.6 Å². The number of thioether (sulfide) groups is 1. The highest BCUT2D eigenvalue weighted by atomic mass is 35.5. The lowest BCUT2D eigenvalue weighted by atomic mass is 10.3. The number of benzene rings is 1. The highest BCUT2D eigenvalue weighted by Gasteiger charge is 2.05. The molecule has 84 valence electrons. The number of rotatable bonds is 5. The van der Waals surface area contributed by atoms with E-state index in [0.717, 1.165) is 10.6 Å². The monoisotopic (exact) mass is 265 g/mol. The molecule has 0 heterocycles. The second-order valence-electron chi connectivity index (χ2n) is 3.03. The van der Waals surface area contributed by atoms with Crippen LogP contribution in [0.1, 0.15) is 0 Å². The van der Waals surface area contributed by atoms with Gasteiger partial charge in [-0.25, -0.2) is 0 Å². The van der Waals surface area contributed by atoms with Gasteiger partial charge in [-0.2, -0.15) is 0 Å². The summed E-state index contributed by atoms with van der Waals surface area (Å²) in [7, 11) is 0. The van der Waals surface area contributed by atoms with E-state index >= 15 is 0 Å². The zero-order valence-electron chi connectivity index (χ0n) is 8.34. The van der Waals surface area contributed by atoms with Gasteiger partial charge in [0.15, 0.2) is 0 Å². The Bertz CT molecular complexity index is 322. The lowest BCUT2D eigenvalue weighted by molar-refractivity contribution is 0.211. The van der Waals surface area contributed by atoms with Crippen molar-refractivity contribution in [2.45, 2.75) is 11.0 Å². The molecular weight excluding hydrogens is 253 g/mol. The second kappa shape index (κ2) is 6.48. The van der Waals surface area contributed by atoms with Crippen LogP contribution in [0.15, 0.2) is 23.1 Å². The Kier molecular flexibility index (Phi) is 5.61. The number of aliphatic hydroxyl groups excluding tert-OH is 1. The van der Waals surface area contributed by atoms with E-state index in [0.29, 0.717) is 11.6 Å². The quantitative estimate of drug-likeness (QED) is 0.634. The Labute approximate surface area is 104 Å². The molecule has 0 aliphatic heterocycles. The lowest BCUT2D eigenvalue weighted by Gasteiger charge is -2.13. The summed E-state index contributed by atoms with van der Waals surface area (Å²) in [5, 5.41) is 13.1. The molecule has 2 nitrogen and oxygen atoms in total. The van der Waals surface area contributed by atoms with Crippen LogP contribution in [0.5, 0.6) is 0 Å². The van der Waals surface area contributed by atoms with Crippen molar-refractivity contribution in [3.05, 3.63) is 23.2 Å². The van der Waals surface area contributed by atoms with E-state index in [-0.39, 0.29) is 5.88 Å². The summed E-state index contributed by atoms with van der Waals surface area (Å²) in [5.41, 5.74) is 0.930. The first kappa shape index (κ1) is 13.0. The van der Waals surface area contributed by atoms with Gasteiger partial charge in [0, 0.05) is 22.2 Å². The summed E-state index contributed by atoms with van der Waals surface area (Å²) in [6.45, 7) is 0.428. The average molecular weight is 266 g/mol. The van der Waals surface area contributed by atoms with Crippen LogP contribution in [0, 0.1) is 0 Å². The molecule has 0 saturated heterocycles. The van der Waals surface area contributed by atoms with Gasteiger partial charge in [0.25, 0.3) is 0 Å². The topological polar surface area (TPSA) is 32.3 Å². The maximum absolute atomic E-state index is 9.32. The van der Waals surface area contributed by atoms with Crippen LogP contribution in [-0.4, -0.2) is 29.9 Å². The maximum Gasteiger partial charge on any atom is 0.0847 e. The van der Waals surface area contributed by atoms with E-state index in [2.05, 4.69) is 5.32 Å². The van der Waals surface area contributed by atoms with Crippen molar-refractivity contribution in [1.29, 1.82) is 0 Å². The summed E-state index contributed by atoms with van der Waals surface area (Å²) in [6.07, 6.45) is 1.45. The van der Waals surface area contributed by atoms with Crippen LogP contribution in [0.3, 0.4) is 0 Å². The molecule has 0 amide bonds. The molecule has 1 atom stereocenters. The van der Waals surface area contributed by atoms with Crippen LogP contribution < -0.4 is 5.32 Å². The SMILES string of the molecule is CSc1ccc(Cl)cc1NCC(O)CCl. The number of aliphatic hydroxyl groups is 1. The zero-order valence-corrected chi connectivity index (χ0v) is 10.7. The molecule has 1 aromatic carbocycles. The predicted molar refractivity (Wildman–Crippen MR) is 68.4 cm³/mol. The van der Waals surface area contributed by atoms with Crippen molar-refractivity contribution >= 4 is 40.7 Å². The molecule has 1 aromatic rings. The molecule has 0 bridgehead atoms. The fraction of sp³-hybridized carbons (Fsp3) is 0.400. The van der Waals surface area contributed by atoms with Crippen molar-refractivity contribution < 1.29 is 5.11 Å². The minimum Gasteiger partial charge on any atom is -0.390 e. The van der Waals surface area contributed by atoms with E-state index in [1.54, 1.807) is 11.8 Å². The molecule has 5 heteroatoms. The van der Waals surface area contributed by atoms with Crippen LogP contribution in [-0.2, 0) is 0 Å². The van der Waals surface area contributed by atoms with Crippen molar-refractivity contribution in [3.8, 4) is 0 Å². The first-order valence-corrected chi connectivity index (χ1v) is 6.62. The standard InChI is InChI=1S/C10H13Cl2NOS/c1-15-10-3-2-7(12)4-9(10)13-6-8(14)5-11/h2-4,8,13-14H,5-6H2,1H3. The maximum atomic E-state index is 9.32. The normalized spacial score (nSPS) is 12.5. The van der Waals surface area contributed by atoms with Gasteiger partial charge in [0.05, 0.1) is 12.0 Å². The highest BCUT2D eigenvalue weighted by Crippen LogP contribution is 2.28. The molecule has 15 heavy (non-hydrogen) atoms. The molecule has 0 fully saturated rings. The van der Waals surface area contributed by atoms with Gasteiger partial charge >= 0.3 is 0 Å². The number of nitrogens with one attached hydrogen (secondary N) is 1. The summed E-state index contributed by atoms with van der Waals surface area (Å²) < 4.78 is 0. The van der Waals surface area contributed by atoms with Crippen molar-refractivity contribution in [1.82, 2.24) is 0 Å². The first-order chi connectivity index (χ1) is 7.17. The molecule has 0 radical (unpaired) electrons. The minimum atomic E-state index is -0.541. The lowest BCUT2D eigenvalue weighted by Crippen LogP contribution is -2.20. The predicted octanol–water partition coefficient (Wildman–Crippen LogP) is 3.07. The zero-order chi connectivity index (χ0) is 11.3. The van der Waals surface area contributed by atoms with E-state index in [9.17, 15) is 5.11 Å². The van der Waals surface area contributed by atoms with E-state index < -0.39 is 6.10 Å². The molecular formula is C10H13Cl2NOS. The number of alkyl halides is 1. The van der Waals surface area contributed by atoms with Gasteiger partial charge in [-0.3, -0.25) is 0 Å². The number of halogens is 2. The summed E-state index contributed by atoms with van der Waals surface area (Å²) in [4.78, 5) is 1.10. The molecule has 0 spiro atoms. The first-order valence-electron chi connectivity index (χ1n) is 4.48. The molecule has 0 saturated carbocycles. The highest BCUT2D eigenvalue weighted by molar-refractivity contribution is 7.98. The fourth-order valence-electron chi connectivity index (χ4n) is 1.10. The van der Waals surface area contributed by atoms with Gasteiger partial charge < -0.3 is 10.4 Å². The molecule has 1 unspecified atom stereocenters. The third kappa shape index (κ3) is 4.11. The summed E-state index contributed by atoms with van der Waals surface area (Å²) in [5.74, 6) is 0.224. The third-order valence-corrected chi connectivity index (χ3v) is 3.25. The smallest absolute Gasteiger partial charge is 0.0847 e. The van der Waals surface area contributed by atoms with Crippen LogP contribution in [0.4, 0.5) is 5.69 Å². The molecule has 0 aromatic heterocycles. The number of hydrogen-bond donors (Lipinski definition) is 2. The minimum absolute atomic E-state index is 0.224. The second-order valence-corrected chi connectivity index (χ2v) is 4.63. The van der Waals surface area contributed by atoms with Gasteiger partial charge in [-0.15, -0.1) is 23.4 Å². The van der Waals surface area contributed by atoms with Crippen molar-refractivity contribution in [2.24, 2.45) is 0 Å². The largest absolute Gasteiger partial charge is 0.390 e. The number of hydrogen-bond acceptors (Lipinski definition) is 3. The Morgan fingerprint density at radius 1 is 1.53 bits per heavy atom. The van der Waals surface area contributed by atoms with E-state index in [1.807, 2.05) is 24.5 Å². The van der Waals surface area contributed by atoms with Crippen LogP contribution in [0.2, 0.25) is 5.02 Å². The molecule has 2 N–H and O–H groups in total. The Balaban J connectivity index is 2.69. The Morgan fingerprint density at radius 2 is 2.27 bits per heavy atom. The van der Waals surface area contributed by atoms with Gasteiger partial charge in [-0.05, 0) is 24.5 Å². The van der Waals surface area contributed by atoms with E-state index in [4.69, 9.17) is 23.2 Å². The Morgan fingerprint density at radius 3 is 2.87 bits per heavy atom. The fourth-order valence-corrected chi connectivity index (χ4v) is 1.94. The molecule has 0 aliphatic carbocycles. The summed E-state index contributed by atoms with van der Waals surface area (Å²) in [6, 6.07) is 5.63. The number of anilines is 1.